The Morgan fingerprint density at radius 1 is 1.29 bits per heavy atom. The molecule has 0 fully saturated rings. The molecule has 2 rings (SSSR count). The molecule has 0 aliphatic rings. The van der Waals surface area contributed by atoms with Crippen molar-refractivity contribution < 1.29 is 8.42 Å². The largest absolute Gasteiger partial charge is 0.377 e. The van der Waals surface area contributed by atoms with Crippen molar-refractivity contribution in [3.8, 4) is 0 Å². The summed E-state index contributed by atoms with van der Waals surface area (Å²) in [6.45, 7) is 6.03. The second-order valence-corrected chi connectivity index (χ2v) is 7.47. The molecule has 8 heteroatoms. The van der Waals surface area contributed by atoms with Gasteiger partial charge in [0.15, 0.2) is 0 Å². The van der Waals surface area contributed by atoms with Gasteiger partial charge in [0.1, 0.15) is 0 Å². The minimum absolute atomic E-state index is 0.0275. The Balaban J connectivity index is 2.16. The van der Waals surface area contributed by atoms with Gasteiger partial charge in [-0.25, -0.2) is 10.1 Å². The predicted octanol–water partition coefficient (Wildman–Crippen LogP) is 2.55. The number of nitrogens with one attached hydrogen (secondary N) is 2. The summed E-state index contributed by atoms with van der Waals surface area (Å²) in [6, 6.07) is 6.97. The van der Waals surface area contributed by atoms with E-state index in [1.165, 1.54) is 4.88 Å². The number of nitrogens with two attached hydrogens (primary N) is 1. The number of anilines is 2. The van der Waals surface area contributed by atoms with Crippen molar-refractivity contribution in [1.82, 2.24) is 4.98 Å². The van der Waals surface area contributed by atoms with Crippen LogP contribution in [0.25, 0.3) is 0 Å². The topological polar surface area (TPSA) is 97.1 Å². The highest BCUT2D eigenvalue weighted by Crippen LogP contribution is 2.26. The highest BCUT2D eigenvalue weighted by molar-refractivity contribution is 7.90. The lowest BCUT2D eigenvalue weighted by atomic mass is 10.2. The Kier molecular flexibility index (Phi) is 4.50. The van der Waals surface area contributed by atoms with Gasteiger partial charge in [-0.05, 0) is 39.0 Å². The van der Waals surface area contributed by atoms with Crippen molar-refractivity contribution in [2.75, 3.05) is 10.0 Å². The zero-order valence-corrected chi connectivity index (χ0v) is 13.7. The number of aromatic nitrogens is 1. The molecule has 0 radical (unpaired) electrons. The Bertz CT molecular complexity index is 740. The van der Waals surface area contributed by atoms with Crippen LogP contribution in [-0.4, -0.2) is 13.4 Å². The fourth-order valence-corrected chi connectivity index (χ4v) is 3.47. The van der Waals surface area contributed by atoms with E-state index in [0.717, 1.165) is 16.4 Å². The van der Waals surface area contributed by atoms with Crippen LogP contribution in [0.3, 0.4) is 0 Å². The first-order valence-corrected chi connectivity index (χ1v) is 8.72. The lowest BCUT2D eigenvalue weighted by molar-refractivity contribution is 0.603. The van der Waals surface area contributed by atoms with Gasteiger partial charge in [-0.1, -0.05) is 6.07 Å². The Morgan fingerprint density at radius 3 is 2.52 bits per heavy atom. The second kappa shape index (κ2) is 6.00. The molecule has 1 atom stereocenters. The van der Waals surface area contributed by atoms with Gasteiger partial charge in [-0.3, -0.25) is 4.72 Å². The van der Waals surface area contributed by atoms with E-state index in [0.29, 0.717) is 5.69 Å². The summed E-state index contributed by atoms with van der Waals surface area (Å²) in [5.41, 5.74) is 2.21. The van der Waals surface area contributed by atoms with Crippen LogP contribution < -0.4 is 15.2 Å². The number of hydrogen-bond donors (Lipinski definition) is 3. The van der Waals surface area contributed by atoms with Crippen molar-refractivity contribution in [3.05, 3.63) is 39.8 Å². The quantitative estimate of drug-likeness (QED) is 0.786. The molecular weight excluding hydrogens is 308 g/mol. The molecule has 1 heterocycles. The molecule has 2 aromatic rings. The summed E-state index contributed by atoms with van der Waals surface area (Å²) in [6.07, 6.45) is 0. The van der Waals surface area contributed by atoms with Gasteiger partial charge in [0, 0.05) is 10.6 Å². The predicted molar refractivity (Wildman–Crippen MR) is 86.8 cm³/mol. The highest BCUT2D eigenvalue weighted by Gasteiger charge is 2.13. The van der Waals surface area contributed by atoms with Crippen molar-refractivity contribution in [3.63, 3.8) is 0 Å². The maximum Gasteiger partial charge on any atom is 0.296 e. The van der Waals surface area contributed by atoms with Crippen molar-refractivity contribution in [2.45, 2.75) is 26.8 Å². The molecule has 6 nitrogen and oxygen atoms in total. The molecule has 0 saturated carbocycles. The summed E-state index contributed by atoms with van der Waals surface area (Å²) in [5, 5.41) is 9.30. The molecule has 1 aromatic heterocycles. The molecule has 4 N–H and O–H groups in total. The molecule has 0 saturated heterocycles. The average Bonchev–Trinajstić information content (AvgIpc) is 2.66. The standard InChI is InChI=1S/C13H18N4O2S2/c1-8(13-9(2)20-10(3)16-13)15-11-5-4-6-12(7-11)17-21(14,18)19/h4-8,15,17H,1-3H3,(H2,14,18,19). The third-order valence-electron chi connectivity index (χ3n) is 2.86. The first-order valence-electron chi connectivity index (χ1n) is 6.35. The zero-order valence-electron chi connectivity index (χ0n) is 12.0. The number of benzene rings is 1. The molecule has 0 amide bonds. The smallest absolute Gasteiger partial charge is 0.296 e. The van der Waals surface area contributed by atoms with Gasteiger partial charge >= 0.3 is 0 Å². The van der Waals surface area contributed by atoms with Crippen LogP contribution >= 0.6 is 11.3 Å². The van der Waals surface area contributed by atoms with Gasteiger partial charge in [0.2, 0.25) is 0 Å². The van der Waals surface area contributed by atoms with Crippen LogP contribution in [0, 0.1) is 13.8 Å². The number of rotatable bonds is 5. The van der Waals surface area contributed by atoms with E-state index >= 15 is 0 Å². The monoisotopic (exact) mass is 326 g/mol. The molecule has 0 spiro atoms. The Morgan fingerprint density at radius 2 is 1.95 bits per heavy atom. The van der Waals surface area contributed by atoms with E-state index in [1.54, 1.807) is 29.5 Å². The molecular formula is C13H18N4O2S2. The summed E-state index contributed by atoms with van der Waals surface area (Å²) in [7, 11) is -3.77. The van der Waals surface area contributed by atoms with Crippen molar-refractivity contribution in [2.24, 2.45) is 5.14 Å². The maximum atomic E-state index is 11.0. The molecule has 0 aliphatic heterocycles. The molecule has 1 aromatic carbocycles. The van der Waals surface area contributed by atoms with Crippen LogP contribution in [-0.2, 0) is 10.2 Å². The van der Waals surface area contributed by atoms with Crippen LogP contribution in [0.1, 0.15) is 28.5 Å². The average molecular weight is 326 g/mol. The van der Waals surface area contributed by atoms with Crippen LogP contribution in [0.4, 0.5) is 11.4 Å². The van der Waals surface area contributed by atoms with Crippen molar-refractivity contribution in [1.29, 1.82) is 0 Å². The number of hydrogen-bond acceptors (Lipinski definition) is 5. The van der Waals surface area contributed by atoms with Gasteiger partial charge in [-0.15, -0.1) is 11.3 Å². The van der Waals surface area contributed by atoms with Gasteiger partial charge in [0.25, 0.3) is 10.2 Å². The van der Waals surface area contributed by atoms with Crippen molar-refractivity contribution >= 4 is 32.9 Å². The van der Waals surface area contributed by atoms with E-state index in [2.05, 4.69) is 15.0 Å². The SMILES string of the molecule is Cc1nc(C(C)Nc2cccc(NS(N)(=O)=O)c2)c(C)s1. The maximum absolute atomic E-state index is 11.0. The number of aryl methyl sites for hydroxylation is 2. The summed E-state index contributed by atoms with van der Waals surface area (Å²) < 4.78 is 24.3. The summed E-state index contributed by atoms with van der Waals surface area (Å²) >= 11 is 1.66. The van der Waals surface area contributed by atoms with Gasteiger partial charge in [-0.2, -0.15) is 8.42 Å². The van der Waals surface area contributed by atoms with E-state index in [4.69, 9.17) is 5.14 Å². The van der Waals surface area contributed by atoms with E-state index in [-0.39, 0.29) is 6.04 Å². The minimum Gasteiger partial charge on any atom is -0.377 e. The first-order chi connectivity index (χ1) is 9.74. The minimum atomic E-state index is -3.77. The molecule has 21 heavy (non-hydrogen) atoms. The number of nitrogens with zero attached hydrogens (tertiary/aromatic N) is 1. The van der Waals surface area contributed by atoms with Crippen LogP contribution in [0.2, 0.25) is 0 Å². The van der Waals surface area contributed by atoms with Gasteiger partial charge in [0.05, 0.1) is 22.4 Å². The van der Waals surface area contributed by atoms with E-state index in [1.807, 2.05) is 26.8 Å². The Hall–Kier alpha value is -1.64. The number of thiazole rings is 1. The third-order valence-corrected chi connectivity index (χ3v) is 4.28. The van der Waals surface area contributed by atoms with Crippen LogP contribution in [0.15, 0.2) is 24.3 Å². The normalized spacial score (nSPS) is 13.0. The summed E-state index contributed by atoms with van der Waals surface area (Å²) in [4.78, 5) is 5.69. The zero-order chi connectivity index (χ0) is 15.6. The lowest BCUT2D eigenvalue weighted by Gasteiger charge is -2.15. The van der Waals surface area contributed by atoms with Crippen LogP contribution in [0.5, 0.6) is 0 Å². The molecule has 114 valence electrons. The fraction of sp³-hybridized carbons (Fsp3) is 0.308. The molecule has 0 aliphatic carbocycles. The fourth-order valence-electron chi connectivity index (χ4n) is 2.10. The van der Waals surface area contributed by atoms with E-state index < -0.39 is 10.2 Å². The molecule has 0 bridgehead atoms. The second-order valence-electron chi connectivity index (χ2n) is 4.77. The third kappa shape index (κ3) is 4.42. The lowest BCUT2D eigenvalue weighted by Crippen LogP contribution is -2.21. The first kappa shape index (κ1) is 15.7. The van der Waals surface area contributed by atoms with Gasteiger partial charge < -0.3 is 5.32 Å². The summed E-state index contributed by atoms with van der Waals surface area (Å²) in [5.74, 6) is 0. The van der Waals surface area contributed by atoms with E-state index in [9.17, 15) is 8.42 Å². The Labute approximate surface area is 128 Å². The highest BCUT2D eigenvalue weighted by atomic mass is 32.2. The molecule has 1 unspecified atom stereocenters.